The summed E-state index contributed by atoms with van der Waals surface area (Å²) in [6, 6.07) is 0. The van der Waals surface area contributed by atoms with Crippen molar-refractivity contribution in [3.63, 3.8) is 0 Å². The van der Waals surface area contributed by atoms with E-state index in [4.69, 9.17) is 12.2 Å². The number of nitrogens with one attached hydrogen (secondary N) is 2. The fourth-order valence-corrected chi connectivity index (χ4v) is 1.47. The van der Waals surface area contributed by atoms with E-state index in [1.54, 1.807) is 0 Å². The molecule has 11 heavy (non-hydrogen) atoms. The van der Waals surface area contributed by atoms with Crippen LogP contribution in [0.1, 0.15) is 31.5 Å². The highest BCUT2D eigenvalue weighted by Gasteiger charge is 2.30. The van der Waals surface area contributed by atoms with Crippen molar-refractivity contribution in [1.29, 1.82) is 0 Å². The van der Waals surface area contributed by atoms with E-state index >= 15 is 0 Å². The summed E-state index contributed by atoms with van der Waals surface area (Å²) >= 11 is 4.86. The van der Waals surface area contributed by atoms with Crippen LogP contribution < -0.4 is 0 Å². The molecule has 0 spiro atoms. The van der Waals surface area contributed by atoms with Crippen molar-refractivity contribution in [2.75, 3.05) is 0 Å². The van der Waals surface area contributed by atoms with Crippen LogP contribution in [0.15, 0.2) is 0 Å². The number of H-pyrrole nitrogens is 2. The van der Waals surface area contributed by atoms with E-state index in [2.05, 4.69) is 22.1 Å². The molecule has 0 saturated heterocycles. The van der Waals surface area contributed by atoms with Gasteiger partial charge in [0.2, 0.25) is 4.77 Å². The van der Waals surface area contributed by atoms with Crippen molar-refractivity contribution >= 4 is 12.2 Å². The summed E-state index contributed by atoms with van der Waals surface area (Å²) in [6.45, 7) is 2.19. The van der Waals surface area contributed by atoms with E-state index < -0.39 is 0 Å². The summed E-state index contributed by atoms with van der Waals surface area (Å²) in [6.07, 6.45) is 2.68. The normalized spacial score (nSPS) is 20.1. The minimum Gasteiger partial charge on any atom is -0.285 e. The highest BCUT2D eigenvalue weighted by molar-refractivity contribution is 7.71. The van der Waals surface area contributed by atoms with Gasteiger partial charge >= 0.3 is 0 Å². The fourth-order valence-electron chi connectivity index (χ4n) is 1.32. The maximum Gasteiger partial charge on any atom is 0.213 e. The van der Waals surface area contributed by atoms with E-state index in [9.17, 15) is 0 Å². The third-order valence-electron chi connectivity index (χ3n) is 2.28. The number of aromatic amines is 2. The smallest absolute Gasteiger partial charge is 0.213 e. The molecule has 1 aliphatic carbocycles. The van der Waals surface area contributed by atoms with Gasteiger partial charge < -0.3 is 0 Å². The van der Waals surface area contributed by atoms with Crippen molar-refractivity contribution in [2.45, 2.75) is 25.7 Å². The number of hydrogen-bond donors (Lipinski definition) is 2. The molecule has 4 heteroatoms. The Labute approximate surface area is 70.2 Å². The first-order valence-corrected chi connectivity index (χ1v) is 4.33. The minimum absolute atomic E-state index is 0.544. The number of hydrogen-bond acceptors (Lipinski definition) is 2. The molecule has 1 saturated carbocycles. The van der Waals surface area contributed by atoms with Gasteiger partial charge in [0.05, 0.1) is 0 Å². The number of aromatic nitrogens is 3. The zero-order chi connectivity index (χ0) is 7.84. The predicted molar refractivity (Wildman–Crippen MR) is 44.9 cm³/mol. The number of nitrogens with zero attached hydrogens (tertiary/aromatic N) is 1. The highest BCUT2D eigenvalue weighted by atomic mass is 32.1. The Balaban J connectivity index is 2.20. The van der Waals surface area contributed by atoms with Crippen LogP contribution in [0, 0.1) is 10.7 Å². The first kappa shape index (κ1) is 7.03. The molecule has 0 aromatic carbocycles. The Bertz CT molecular complexity index is 297. The van der Waals surface area contributed by atoms with E-state index in [1.807, 2.05) is 0 Å². The first-order valence-electron chi connectivity index (χ1n) is 3.92. The molecule has 1 heterocycles. The SMILES string of the molecule is CC(c1nc(=S)[nH][nH]1)C1CC1. The molecular formula is C7H11N3S. The van der Waals surface area contributed by atoms with Gasteiger partial charge in [0.15, 0.2) is 0 Å². The lowest BCUT2D eigenvalue weighted by molar-refractivity contribution is 0.623. The van der Waals surface area contributed by atoms with Crippen molar-refractivity contribution in [2.24, 2.45) is 5.92 Å². The van der Waals surface area contributed by atoms with Crippen molar-refractivity contribution in [3.05, 3.63) is 10.6 Å². The van der Waals surface area contributed by atoms with Crippen LogP contribution >= 0.6 is 12.2 Å². The van der Waals surface area contributed by atoms with Crippen LogP contribution in [0.4, 0.5) is 0 Å². The topological polar surface area (TPSA) is 44.5 Å². The zero-order valence-corrected chi connectivity index (χ0v) is 7.24. The van der Waals surface area contributed by atoms with E-state index in [0.29, 0.717) is 10.7 Å². The Morgan fingerprint density at radius 1 is 1.55 bits per heavy atom. The maximum atomic E-state index is 4.86. The fraction of sp³-hybridized carbons (Fsp3) is 0.714. The molecule has 1 aliphatic rings. The molecule has 1 atom stereocenters. The van der Waals surface area contributed by atoms with Gasteiger partial charge in [-0.2, -0.15) is 0 Å². The molecule has 1 unspecified atom stereocenters. The molecule has 60 valence electrons. The number of rotatable bonds is 2. The Hall–Kier alpha value is -0.640. The Morgan fingerprint density at radius 3 is 2.73 bits per heavy atom. The average molecular weight is 169 g/mol. The molecule has 2 rings (SSSR count). The van der Waals surface area contributed by atoms with Crippen molar-refractivity contribution in [3.8, 4) is 0 Å². The van der Waals surface area contributed by atoms with Gasteiger partial charge in [-0.05, 0) is 31.0 Å². The lowest BCUT2D eigenvalue weighted by Gasteiger charge is -2.03. The molecule has 1 aromatic heterocycles. The van der Waals surface area contributed by atoms with Crippen LogP contribution in [0.3, 0.4) is 0 Å². The van der Waals surface area contributed by atoms with Crippen molar-refractivity contribution < 1.29 is 0 Å². The average Bonchev–Trinajstić information content (AvgIpc) is 2.74. The molecule has 0 radical (unpaired) electrons. The van der Waals surface area contributed by atoms with Crippen LogP contribution in [0.2, 0.25) is 0 Å². The van der Waals surface area contributed by atoms with Crippen molar-refractivity contribution in [1.82, 2.24) is 15.2 Å². The summed E-state index contributed by atoms with van der Waals surface area (Å²) < 4.78 is 0.563. The third kappa shape index (κ3) is 1.35. The minimum atomic E-state index is 0.544. The Morgan fingerprint density at radius 2 is 2.27 bits per heavy atom. The van der Waals surface area contributed by atoms with E-state index in [0.717, 1.165) is 11.7 Å². The molecule has 0 amide bonds. The lowest BCUT2D eigenvalue weighted by Crippen LogP contribution is -1.97. The standard InChI is InChI=1S/C7H11N3S/c1-4(5-2-3-5)6-8-7(11)10-9-6/h4-5H,2-3H2,1H3,(H2,8,9,10,11). The Kier molecular flexibility index (Phi) is 1.56. The van der Waals surface area contributed by atoms with Gasteiger partial charge in [-0.1, -0.05) is 6.92 Å². The van der Waals surface area contributed by atoms with Crippen LogP contribution in [0.25, 0.3) is 0 Å². The zero-order valence-electron chi connectivity index (χ0n) is 6.42. The summed E-state index contributed by atoms with van der Waals surface area (Å²) in [7, 11) is 0. The first-order chi connectivity index (χ1) is 5.27. The van der Waals surface area contributed by atoms with Gasteiger partial charge in [0.25, 0.3) is 0 Å². The second kappa shape index (κ2) is 2.44. The largest absolute Gasteiger partial charge is 0.285 e. The quantitative estimate of drug-likeness (QED) is 0.665. The maximum absolute atomic E-state index is 4.86. The molecule has 2 N–H and O–H groups in total. The molecule has 1 aromatic rings. The third-order valence-corrected chi connectivity index (χ3v) is 2.47. The monoisotopic (exact) mass is 169 g/mol. The highest BCUT2D eigenvalue weighted by Crippen LogP contribution is 2.40. The summed E-state index contributed by atoms with van der Waals surface area (Å²) in [5.41, 5.74) is 0. The van der Waals surface area contributed by atoms with Crippen LogP contribution in [-0.4, -0.2) is 15.2 Å². The van der Waals surface area contributed by atoms with Gasteiger partial charge in [-0.25, -0.2) is 4.98 Å². The van der Waals surface area contributed by atoms with Crippen LogP contribution in [-0.2, 0) is 0 Å². The van der Waals surface area contributed by atoms with E-state index in [-0.39, 0.29) is 0 Å². The molecular weight excluding hydrogens is 158 g/mol. The summed E-state index contributed by atoms with van der Waals surface area (Å²) in [5, 5.41) is 5.80. The lowest BCUT2D eigenvalue weighted by atomic mass is 10.1. The predicted octanol–water partition coefficient (Wildman–Crippen LogP) is 1.98. The molecule has 0 aliphatic heterocycles. The van der Waals surface area contributed by atoms with Crippen LogP contribution in [0.5, 0.6) is 0 Å². The molecule has 0 bridgehead atoms. The van der Waals surface area contributed by atoms with Gasteiger partial charge in [-0.3, -0.25) is 10.2 Å². The summed E-state index contributed by atoms with van der Waals surface area (Å²) in [4.78, 5) is 4.18. The molecule has 1 fully saturated rings. The summed E-state index contributed by atoms with van der Waals surface area (Å²) in [5.74, 6) is 2.39. The second-order valence-corrected chi connectivity index (χ2v) is 3.56. The van der Waals surface area contributed by atoms with Gasteiger partial charge in [0, 0.05) is 5.92 Å². The second-order valence-electron chi connectivity index (χ2n) is 3.18. The van der Waals surface area contributed by atoms with Gasteiger partial charge in [0.1, 0.15) is 5.82 Å². The van der Waals surface area contributed by atoms with Gasteiger partial charge in [-0.15, -0.1) is 0 Å². The molecule has 3 nitrogen and oxygen atoms in total. The van der Waals surface area contributed by atoms with E-state index in [1.165, 1.54) is 12.8 Å².